The Morgan fingerprint density at radius 3 is 2.88 bits per heavy atom. The summed E-state index contributed by atoms with van der Waals surface area (Å²) < 4.78 is 5.05. The van der Waals surface area contributed by atoms with E-state index in [-0.39, 0.29) is 12.4 Å². The van der Waals surface area contributed by atoms with Gasteiger partial charge in [-0.3, -0.25) is 0 Å². The molecule has 0 spiro atoms. The molecule has 1 aromatic rings. The molecule has 3 atom stereocenters. The summed E-state index contributed by atoms with van der Waals surface area (Å²) in [5.41, 5.74) is 1.26. The number of hydrogen-bond donors (Lipinski definition) is 1. The van der Waals surface area contributed by atoms with E-state index in [0.29, 0.717) is 0 Å². The fourth-order valence-electron chi connectivity index (χ4n) is 3.64. The van der Waals surface area contributed by atoms with Crippen molar-refractivity contribution in [1.29, 1.82) is 0 Å². The van der Waals surface area contributed by atoms with Crippen LogP contribution in [0.1, 0.15) is 37.7 Å². The lowest BCUT2D eigenvalue weighted by molar-refractivity contribution is 0.310. The first-order valence-corrected chi connectivity index (χ1v) is 6.63. The summed E-state index contributed by atoms with van der Waals surface area (Å²) in [6.07, 6.45) is 11.0. The molecular formula is C14H22ClNO. The van der Waals surface area contributed by atoms with Crippen LogP contribution in [-0.4, -0.2) is 6.54 Å². The van der Waals surface area contributed by atoms with E-state index in [9.17, 15) is 0 Å². The fourth-order valence-corrected chi connectivity index (χ4v) is 3.64. The molecule has 0 aliphatic heterocycles. The molecule has 2 nitrogen and oxygen atoms in total. The maximum Gasteiger partial charge on any atom is 0.0947 e. The van der Waals surface area contributed by atoms with Crippen molar-refractivity contribution in [2.75, 3.05) is 6.54 Å². The van der Waals surface area contributed by atoms with Crippen LogP contribution in [0, 0.1) is 17.8 Å². The second-order valence-electron chi connectivity index (χ2n) is 5.53. The number of halogens is 1. The molecule has 0 amide bonds. The standard InChI is InChI=1S/C14H21NO.ClH/c1-2-13-7-11(1)8-14(13)3-5-15-9-12-4-6-16-10-12;/h4,6,10-11,13-15H,1-3,5,7-9H2;1H. The predicted molar refractivity (Wildman–Crippen MR) is 71.2 cm³/mol. The van der Waals surface area contributed by atoms with Crippen molar-refractivity contribution in [2.24, 2.45) is 17.8 Å². The average molecular weight is 256 g/mol. The molecule has 2 fully saturated rings. The summed E-state index contributed by atoms with van der Waals surface area (Å²) in [6, 6.07) is 2.03. The van der Waals surface area contributed by atoms with E-state index in [4.69, 9.17) is 4.42 Å². The minimum absolute atomic E-state index is 0. The van der Waals surface area contributed by atoms with Gasteiger partial charge in [-0.05, 0) is 56.0 Å². The fraction of sp³-hybridized carbons (Fsp3) is 0.714. The first-order valence-electron chi connectivity index (χ1n) is 6.63. The zero-order chi connectivity index (χ0) is 10.8. The first-order chi connectivity index (χ1) is 7.92. The van der Waals surface area contributed by atoms with Crippen LogP contribution in [0.25, 0.3) is 0 Å². The Morgan fingerprint density at radius 2 is 2.24 bits per heavy atom. The van der Waals surface area contributed by atoms with Crippen molar-refractivity contribution in [3.8, 4) is 0 Å². The normalized spacial score (nSPS) is 30.5. The van der Waals surface area contributed by atoms with Gasteiger partial charge < -0.3 is 9.73 Å². The second kappa shape index (κ2) is 5.92. The van der Waals surface area contributed by atoms with Crippen molar-refractivity contribution in [2.45, 2.75) is 38.6 Å². The van der Waals surface area contributed by atoms with Crippen LogP contribution in [-0.2, 0) is 6.54 Å². The van der Waals surface area contributed by atoms with Gasteiger partial charge in [0.2, 0.25) is 0 Å². The van der Waals surface area contributed by atoms with E-state index < -0.39 is 0 Å². The van der Waals surface area contributed by atoms with Gasteiger partial charge in [0.25, 0.3) is 0 Å². The molecule has 0 aromatic carbocycles. The molecule has 3 heteroatoms. The van der Waals surface area contributed by atoms with Crippen LogP contribution in [0.2, 0.25) is 0 Å². The van der Waals surface area contributed by atoms with Crippen LogP contribution < -0.4 is 5.32 Å². The van der Waals surface area contributed by atoms with Gasteiger partial charge in [0, 0.05) is 12.1 Å². The van der Waals surface area contributed by atoms with Crippen molar-refractivity contribution in [3.63, 3.8) is 0 Å². The molecular weight excluding hydrogens is 234 g/mol. The topological polar surface area (TPSA) is 25.2 Å². The van der Waals surface area contributed by atoms with Crippen LogP contribution in [0.4, 0.5) is 0 Å². The maximum absolute atomic E-state index is 5.05. The number of rotatable bonds is 5. The van der Waals surface area contributed by atoms with E-state index in [1.54, 1.807) is 6.26 Å². The summed E-state index contributed by atoms with van der Waals surface area (Å²) in [4.78, 5) is 0. The minimum Gasteiger partial charge on any atom is -0.472 e. The molecule has 3 unspecified atom stereocenters. The highest BCUT2D eigenvalue weighted by Crippen LogP contribution is 2.49. The summed E-state index contributed by atoms with van der Waals surface area (Å²) in [7, 11) is 0. The van der Waals surface area contributed by atoms with Gasteiger partial charge in [-0.15, -0.1) is 12.4 Å². The zero-order valence-electron chi connectivity index (χ0n) is 10.2. The number of nitrogens with one attached hydrogen (secondary N) is 1. The van der Waals surface area contributed by atoms with Crippen molar-refractivity contribution < 1.29 is 4.42 Å². The minimum atomic E-state index is 0. The third-order valence-electron chi connectivity index (χ3n) is 4.49. The third kappa shape index (κ3) is 3.05. The average Bonchev–Trinajstić information content (AvgIpc) is 3.01. The Morgan fingerprint density at radius 1 is 1.29 bits per heavy atom. The van der Waals surface area contributed by atoms with Gasteiger partial charge in [0.05, 0.1) is 12.5 Å². The molecule has 96 valence electrons. The van der Waals surface area contributed by atoms with Crippen LogP contribution in [0.3, 0.4) is 0 Å². The van der Waals surface area contributed by atoms with E-state index in [2.05, 4.69) is 5.32 Å². The Hall–Kier alpha value is -0.470. The third-order valence-corrected chi connectivity index (χ3v) is 4.49. The number of fused-ring (bicyclic) bond motifs is 2. The molecule has 2 aliphatic carbocycles. The molecule has 17 heavy (non-hydrogen) atoms. The Bertz CT molecular complexity index is 325. The maximum atomic E-state index is 5.05. The van der Waals surface area contributed by atoms with Crippen molar-refractivity contribution in [3.05, 3.63) is 24.2 Å². The zero-order valence-corrected chi connectivity index (χ0v) is 11.0. The molecule has 1 heterocycles. The van der Waals surface area contributed by atoms with E-state index in [1.807, 2.05) is 12.3 Å². The summed E-state index contributed by atoms with van der Waals surface area (Å²) >= 11 is 0. The quantitative estimate of drug-likeness (QED) is 0.813. The highest BCUT2D eigenvalue weighted by molar-refractivity contribution is 5.85. The molecule has 3 rings (SSSR count). The lowest BCUT2D eigenvalue weighted by Crippen LogP contribution is -2.20. The van der Waals surface area contributed by atoms with Crippen molar-refractivity contribution in [1.82, 2.24) is 5.32 Å². The largest absolute Gasteiger partial charge is 0.472 e. The highest BCUT2D eigenvalue weighted by Gasteiger charge is 2.38. The van der Waals surface area contributed by atoms with E-state index in [1.165, 1.54) is 44.2 Å². The SMILES string of the molecule is Cl.c1cc(CNCCC2CC3CCC2C3)co1. The van der Waals surface area contributed by atoms with Gasteiger partial charge in [0.15, 0.2) is 0 Å². The number of hydrogen-bond acceptors (Lipinski definition) is 2. The predicted octanol–water partition coefficient (Wildman–Crippen LogP) is 3.62. The highest BCUT2D eigenvalue weighted by atomic mass is 35.5. The second-order valence-corrected chi connectivity index (χ2v) is 5.53. The lowest BCUT2D eigenvalue weighted by Gasteiger charge is -2.21. The molecule has 0 saturated heterocycles. The molecule has 1 aromatic heterocycles. The number of furan rings is 1. The molecule has 0 radical (unpaired) electrons. The molecule has 1 N–H and O–H groups in total. The molecule has 2 aliphatic rings. The summed E-state index contributed by atoms with van der Waals surface area (Å²) in [5, 5.41) is 3.51. The lowest BCUT2D eigenvalue weighted by atomic mass is 9.86. The van der Waals surface area contributed by atoms with Crippen LogP contribution in [0.5, 0.6) is 0 Å². The smallest absolute Gasteiger partial charge is 0.0947 e. The molecule has 2 saturated carbocycles. The summed E-state index contributed by atoms with van der Waals surface area (Å²) in [5.74, 6) is 3.18. The van der Waals surface area contributed by atoms with Gasteiger partial charge in [-0.1, -0.05) is 6.42 Å². The van der Waals surface area contributed by atoms with Gasteiger partial charge in [-0.2, -0.15) is 0 Å². The van der Waals surface area contributed by atoms with Crippen LogP contribution >= 0.6 is 12.4 Å². The van der Waals surface area contributed by atoms with E-state index >= 15 is 0 Å². The Labute approximate surface area is 110 Å². The first kappa shape index (κ1) is 13.0. The molecule has 2 bridgehead atoms. The van der Waals surface area contributed by atoms with Gasteiger partial charge >= 0.3 is 0 Å². The van der Waals surface area contributed by atoms with Gasteiger partial charge in [-0.25, -0.2) is 0 Å². The monoisotopic (exact) mass is 255 g/mol. The van der Waals surface area contributed by atoms with Crippen LogP contribution in [0.15, 0.2) is 23.0 Å². The Kier molecular flexibility index (Phi) is 4.52. The van der Waals surface area contributed by atoms with Gasteiger partial charge in [0.1, 0.15) is 0 Å². The van der Waals surface area contributed by atoms with E-state index in [0.717, 1.165) is 24.3 Å². The Balaban J connectivity index is 0.00000108. The summed E-state index contributed by atoms with van der Waals surface area (Å²) in [6.45, 7) is 2.12. The van der Waals surface area contributed by atoms with Crippen molar-refractivity contribution >= 4 is 12.4 Å².